The standard InChI is InChI=1S/C10H14O/c1-3-10-5-4-7(2)8(10)6-9(10)11/h3,7-8H,1,4-6H2,2H3. The van der Waals surface area contributed by atoms with Crippen molar-refractivity contribution < 1.29 is 4.79 Å². The lowest BCUT2D eigenvalue weighted by molar-refractivity contribution is -0.140. The number of hydrogen-bond donors (Lipinski definition) is 0. The first-order valence-electron chi connectivity index (χ1n) is 4.37. The van der Waals surface area contributed by atoms with Gasteiger partial charge in [-0.3, -0.25) is 4.79 Å². The van der Waals surface area contributed by atoms with Crippen molar-refractivity contribution in [3.05, 3.63) is 12.7 Å². The highest BCUT2D eigenvalue weighted by molar-refractivity contribution is 5.93. The topological polar surface area (TPSA) is 17.1 Å². The van der Waals surface area contributed by atoms with E-state index in [0.717, 1.165) is 18.8 Å². The smallest absolute Gasteiger partial charge is 0.143 e. The molecule has 0 spiro atoms. The van der Waals surface area contributed by atoms with Crippen LogP contribution in [0.3, 0.4) is 0 Å². The minimum absolute atomic E-state index is 0.0700. The zero-order chi connectivity index (χ0) is 8.06. The van der Waals surface area contributed by atoms with Crippen LogP contribution in [-0.4, -0.2) is 5.78 Å². The number of allylic oxidation sites excluding steroid dienone is 1. The van der Waals surface area contributed by atoms with Gasteiger partial charge in [0.1, 0.15) is 5.78 Å². The highest BCUT2D eigenvalue weighted by Crippen LogP contribution is 2.58. The molecule has 0 aromatic carbocycles. The van der Waals surface area contributed by atoms with Crippen LogP contribution in [0.2, 0.25) is 0 Å². The minimum atomic E-state index is -0.0700. The van der Waals surface area contributed by atoms with Crippen LogP contribution in [0.1, 0.15) is 26.2 Å². The highest BCUT2D eigenvalue weighted by atomic mass is 16.1. The molecule has 1 heteroatoms. The maximum Gasteiger partial charge on any atom is 0.143 e. The van der Waals surface area contributed by atoms with E-state index in [9.17, 15) is 4.79 Å². The fraction of sp³-hybridized carbons (Fsp3) is 0.700. The van der Waals surface area contributed by atoms with Crippen molar-refractivity contribution in [2.24, 2.45) is 17.3 Å². The highest BCUT2D eigenvalue weighted by Gasteiger charge is 2.57. The van der Waals surface area contributed by atoms with Crippen LogP contribution in [0.5, 0.6) is 0 Å². The molecule has 3 atom stereocenters. The van der Waals surface area contributed by atoms with Crippen molar-refractivity contribution in [1.82, 2.24) is 0 Å². The van der Waals surface area contributed by atoms with Gasteiger partial charge in [-0.25, -0.2) is 0 Å². The van der Waals surface area contributed by atoms with E-state index in [4.69, 9.17) is 0 Å². The van der Waals surface area contributed by atoms with Gasteiger partial charge in [0.25, 0.3) is 0 Å². The van der Waals surface area contributed by atoms with Crippen LogP contribution in [0.4, 0.5) is 0 Å². The second-order valence-electron chi connectivity index (χ2n) is 3.99. The van der Waals surface area contributed by atoms with E-state index in [-0.39, 0.29) is 5.41 Å². The Hall–Kier alpha value is -0.590. The van der Waals surface area contributed by atoms with E-state index in [2.05, 4.69) is 13.5 Å². The number of fused-ring (bicyclic) bond motifs is 1. The van der Waals surface area contributed by atoms with Crippen molar-refractivity contribution in [1.29, 1.82) is 0 Å². The van der Waals surface area contributed by atoms with Crippen LogP contribution < -0.4 is 0 Å². The third-order valence-corrected chi connectivity index (χ3v) is 3.65. The number of carbonyl (C=O) groups excluding carboxylic acids is 1. The number of carbonyl (C=O) groups is 1. The predicted octanol–water partition coefficient (Wildman–Crippen LogP) is 2.18. The van der Waals surface area contributed by atoms with Crippen LogP contribution in [0.15, 0.2) is 12.7 Å². The molecular weight excluding hydrogens is 136 g/mol. The lowest BCUT2D eigenvalue weighted by Crippen LogP contribution is -2.46. The van der Waals surface area contributed by atoms with Gasteiger partial charge in [0.2, 0.25) is 0 Å². The summed E-state index contributed by atoms with van der Waals surface area (Å²) in [6.07, 6.45) is 4.98. The van der Waals surface area contributed by atoms with Crippen molar-refractivity contribution in [3.8, 4) is 0 Å². The van der Waals surface area contributed by atoms with Gasteiger partial charge < -0.3 is 0 Å². The van der Waals surface area contributed by atoms with Gasteiger partial charge in [-0.05, 0) is 24.7 Å². The third kappa shape index (κ3) is 0.640. The largest absolute Gasteiger partial charge is 0.299 e. The second kappa shape index (κ2) is 1.96. The van der Waals surface area contributed by atoms with E-state index >= 15 is 0 Å². The SMILES string of the molecule is C=CC12CCC(C)C1CC2=O. The first-order valence-corrected chi connectivity index (χ1v) is 4.37. The van der Waals surface area contributed by atoms with Crippen molar-refractivity contribution >= 4 is 5.78 Å². The molecule has 0 aliphatic heterocycles. The molecule has 1 nitrogen and oxygen atoms in total. The summed E-state index contributed by atoms with van der Waals surface area (Å²) in [7, 11) is 0. The molecule has 11 heavy (non-hydrogen) atoms. The minimum Gasteiger partial charge on any atom is -0.299 e. The number of rotatable bonds is 1. The van der Waals surface area contributed by atoms with Crippen LogP contribution >= 0.6 is 0 Å². The van der Waals surface area contributed by atoms with Crippen molar-refractivity contribution in [2.75, 3.05) is 0 Å². The van der Waals surface area contributed by atoms with E-state index in [1.165, 1.54) is 6.42 Å². The Kier molecular flexibility index (Phi) is 1.26. The van der Waals surface area contributed by atoms with Gasteiger partial charge in [-0.2, -0.15) is 0 Å². The average molecular weight is 150 g/mol. The van der Waals surface area contributed by atoms with Gasteiger partial charge >= 0.3 is 0 Å². The first-order chi connectivity index (χ1) is 5.20. The van der Waals surface area contributed by atoms with Gasteiger partial charge in [0, 0.05) is 6.42 Å². The van der Waals surface area contributed by atoms with Crippen LogP contribution in [0.25, 0.3) is 0 Å². The van der Waals surface area contributed by atoms with Gasteiger partial charge in [0.05, 0.1) is 5.41 Å². The molecule has 2 aliphatic rings. The Bertz CT molecular complexity index is 219. The quantitative estimate of drug-likeness (QED) is 0.523. The van der Waals surface area contributed by atoms with Gasteiger partial charge in [-0.1, -0.05) is 13.0 Å². The van der Waals surface area contributed by atoms with E-state index in [1.807, 2.05) is 6.08 Å². The Balaban J connectivity index is 2.30. The molecule has 0 heterocycles. The Morgan fingerprint density at radius 1 is 1.73 bits per heavy atom. The number of hydrogen-bond acceptors (Lipinski definition) is 1. The summed E-state index contributed by atoms with van der Waals surface area (Å²) in [5, 5.41) is 0. The van der Waals surface area contributed by atoms with Crippen LogP contribution in [0, 0.1) is 17.3 Å². The zero-order valence-electron chi connectivity index (χ0n) is 6.97. The molecule has 2 rings (SSSR count). The lowest BCUT2D eigenvalue weighted by atomic mass is 9.59. The molecule has 0 saturated heterocycles. The molecule has 0 radical (unpaired) electrons. The summed E-state index contributed by atoms with van der Waals surface area (Å²) in [6.45, 7) is 6.03. The number of Topliss-reactive ketones (excluding diaryl/α,β-unsaturated/α-hetero) is 1. The van der Waals surface area contributed by atoms with Gasteiger partial charge in [0.15, 0.2) is 0 Å². The Labute approximate surface area is 67.5 Å². The maximum absolute atomic E-state index is 11.3. The Morgan fingerprint density at radius 2 is 2.45 bits per heavy atom. The third-order valence-electron chi connectivity index (χ3n) is 3.65. The lowest BCUT2D eigenvalue weighted by Gasteiger charge is -2.42. The van der Waals surface area contributed by atoms with E-state index in [0.29, 0.717) is 11.7 Å². The summed E-state index contributed by atoms with van der Waals surface area (Å²) in [5.41, 5.74) is -0.0700. The monoisotopic (exact) mass is 150 g/mol. The average Bonchev–Trinajstić information content (AvgIpc) is 2.24. The zero-order valence-corrected chi connectivity index (χ0v) is 6.97. The van der Waals surface area contributed by atoms with Gasteiger partial charge in [-0.15, -0.1) is 6.58 Å². The summed E-state index contributed by atoms with van der Waals surface area (Å²) in [5.74, 6) is 1.81. The molecule has 2 fully saturated rings. The Morgan fingerprint density at radius 3 is 2.82 bits per heavy atom. The molecule has 0 aromatic rings. The molecule has 2 aliphatic carbocycles. The summed E-state index contributed by atoms with van der Waals surface area (Å²) in [6, 6.07) is 0. The molecule has 0 aromatic heterocycles. The second-order valence-corrected chi connectivity index (χ2v) is 3.99. The number of ketones is 1. The summed E-state index contributed by atoms with van der Waals surface area (Å²) in [4.78, 5) is 11.3. The molecule has 2 saturated carbocycles. The maximum atomic E-state index is 11.3. The van der Waals surface area contributed by atoms with Crippen molar-refractivity contribution in [2.45, 2.75) is 26.2 Å². The fourth-order valence-corrected chi connectivity index (χ4v) is 2.72. The molecule has 0 bridgehead atoms. The molecular formula is C10H14O. The molecule has 0 amide bonds. The normalized spacial score (nSPS) is 48.3. The first kappa shape index (κ1) is 7.08. The molecule has 3 unspecified atom stereocenters. The molecule has 60 valence electrons. The predicted molar refractivity (Wildman–Crippen MR) is 44.1 cm³/mol. The van der Waals surface area contributed by atoms with Crippen LogP contribution in [-0.2, 0) is 4.79 Å². The van der Waals surface area contributed by atoms with Crippen molar-refractivity contribution in [3.63, 3.8) is 0 Å². The van der Waals surface area contributed by atoms with E-state index in [1.54, 1.807) is 0 Å². The summed E-state index contributed by atoms with van der Waals surface area (Å²) >= 11 is 0. The molecule has 0 N–H and O–H groups in total. The fourth-order valence-electron chi connectivity index (χ4n) is 2.72. The van der Waals surface area contributed by atoms with E-state index < -0.39 is 0 Å². The summed E-state index contributed by atoms with van der Waals surface area (Å²) < 4.78 is 0.